The standard InChI is InChI=1S/C7H10N3O/c1-6-5-8-10(9-6)4-3-7(2)11/h5H,1,3-4H2,2H3. The van der Waals surface area contributed by atoms with Crippen molar-refractivity contribution in [1.82, 2.24) is 15.0 Å². The summed E-state index contributed by atoms with van der Waals surface area (Å²) < 4.78 is 0. The van der Waals surface area contributed by atoms with Gasteiger partial charge < -0.3 is 0 Å². The van der Waals surface area contributed by atoms with Crippen LogP contribution in [0, 0.1) is 6.92 Å². The Morgan fingerprint density at radius 3 is 3.00 bits per heavy atom. The number of rotatable bonds is 3. The number of Topliss-reactive ketones (excluding diaryl/α,β-unsaturated/α-hetero) is 1. The fraction of sp³-hybridized carbons (Fsp3) is 0.429. The number of ketones is 1. The van der Waals surface area contributed by atoms with E-state index in [0.29, 0.717) is 18.7 Å². The summed E-state index contributed by atoms with van der Waals surface area (Å²) in [7, 11) is 0. The number of aromatic nitrogens is 3. The molecule has 4 heteroatoms. The van der Waals surface area contributed by atoms with Gasteiger partial charge in [-0.2, -0.15) is 15.0 Å². The van der Waals surface area contributed by atoms with Crippen molar-refractivity contribution in [3.8, 4) is 0 Å². The van der Waals surface area contributed by atoms with Crippen LogP contribution >= 0.6 is 0 Å². The lowest BCUT2D eigenvalue weighted by Gasteiger charge is -1.94. The minimum absolute atomic E-state index is 0.146. The maximum absolute atomic E-state index is 10.5. The first-order chi connectivity index (χ1) is 5.18. The molecule has 0 bridgehead atoms. The number of carbonyl (C=O) groups is 1. The molecule has 0 aliphatic heterocycles. The fourth-order valence-electron chi connectivity index (χ4n) is 0.698. The lowest BCUT2D eigenvalue weighted by atomic mass is 10.3. The second-order valence-corrected chi connectivity index (χ2v) is 2.38. The normalized spacial score (nSPS) is 10.0. The van der Waals surface area contributed by atoms with E-state index in [1.165, 1.54) is 4.80 Å². The Balaban J connectivity index is 2.45. The molecule has 1 aromatic heterocycles. The molecule has 0 spiro atoms. The van der Waals surface area contributed by atoms with Gasteiger partial charge in [0.2, 0.25) is 0 Å². The highest BCUT2D eigenvalue weighted by Crippen LogP contribution is 1.90. The summed E-state index contributed by atoms with van der Waals surface area (Å²) >= 11 is 0. The van der Waals surface area contributed by atoms with Crippen molar-refractivity contribution in [2.24, 2.45) is 0 Å². The lowest BCUT2D eigenvalue weighted by Crippen LogP contribution is -2.05. The van der Waals surface area contributed by atoms with Crippen LogP contribution in [0.1, 0.15) is 19.0 Å². The Kier molecular flexibility index (Phi) is 2.36. The molecule has 0 fully saturated rings. The summed E-state index contributed by atoms with van der Waals surface area (Å²) in [5.74, 6) is 0.146. The summed E-state index contributed by atoms with van der Waals surface area (Å²) in [5.41, 5.74) is 0.633. The SMILES string of the molecule is [CH2]c1cnn(CCC(C)=O)n1. The molecule has 1 aromatic rings. The van der Waals surface area contributed by atoms with E-state index in [-0.39, 0.29) is 5.78 Å². The molecule has 1 radical (unpaired) electrons. The van der Waals surface area contributed by atoms with Gasteiger partial charge in [-0.25, -0.2) is 0 Å². The van der Waals surface area contributed by atoms with Gasteiger partial charge in [0, 0.05) is 6.42 Å². The summed E-state index contributed by atoms with van der Waals surface area (Å²) in [6.45, 7) is 5.69. The zero-order valence-corrected chi connectivity index (χ0v) is 6.45. The third kappa shape index (κ3) is 2.49. The molecule has 0 atom stereocenters. The lowest BCUT2D eigenvalue weighted by molar-refractivity contribution is -0.117. The summed E-state index contributed by atoms with van der Waals surface area (Å²) in [5, 5.41) is 7.80. The van der Waals surface area contributed by atoms with E-state index in [2.05, 4.69) is 17.1 Å². The zero-order chi connectivity index (χ0) is 8.27. The summed E-state index contributed by atoms with van der Waals surface area (Å²) in [4.78, 5) is 12.0. The smallest absolute Gasteiger partial charge is 0.131 e. The van der Waals surface area contributed by atoms with Gasteiger partial charge in [0.25, 0.3) is 0 Å². The van der Waals surface area contributed by atoms with Crippen LogP contribution in [0.15, 0.2) is 6.20 Å². The maximum atomic E-state index is 10.5. The van der Waals surface area contributed by atoms with Crippen LogP contribution in [-0.2, 0) is 11.3 Å². The number of hydrogen-bond donors (Lipinski definition) is 0. The first-order valence-corrected chi connectivity index (χ1v) is 3.40. The molecule has 11 heavy (non-hydrogen) atoms. The average Bonchev–Trinajstić information content (AvgIpc) is 2.31. The van der Waals surface area contributed by atoms with Gasteiger partial charge in [0.05, 0.1) is 18.4 Å². The molecule has 4 nitrogen and oxygen atoms in total. The quantitative estimate of drug-likeness (QED) is 0.631. The van der Waals surface area contributed by atoms with Crippen molar-refractivity contribution in [3.63, 3.8) is 0 Å². The van der Waals surface area contributed by atoms with E-state index in [9.17, 15) is 4.79 Å². The van der Waals surface area contributed by atoms with Crippen molar-refractivity contribution in [3.05, 3.63) is 18.8 Å². The Labute approximate surface area is 65.2 Å². The van der Waals surface area contributed by atoms with Crippen LogP contribution in [-0.4, -0.2) is 20.8 Å². The summed E-state index contributed by atoms with van der Waals surface area (Å²) in [6, 6.07) is 0. The minimum atomic E-state index is 0.146. The van der Waals surface area contributed by atoms with Gasteiger partial charge in [-0.15, -0.1) is 0 Å². The Bertz CT molecular complexity index is 254. The third-order valence-corrected chi connectivity index (χ3v) is 1.25. The molecule has 0 unspecified atom stereocenters. The number of nitrogens with zero attached hydrogens (tertiary/aromatic N) is 3. The van der Waals surface area contributed by atoms with Crippen molar-refractivity contribution in [2.45, 2.75) is 19.9 Å². The van der Waals surface area contributed by atoms with Crippen LogP contribution in [0.25, 0.3) is 0 Å². The Hall–Kier alpha value is -1.19. The first kappa shape index (κ1) is 7.91. The molecule has 59 valence electrons. The van der Waals surface area contributed by atoms with Crippen molar-refractivity contribution < 1.29 is 4.79 Å². The second kappa shape index (κ2) is 3.27. The van der Waals surface area contributed by atoms with Gasteiger partial charge in [0.15, 0.2) is 0 Å². The van der Waals surface area contributed by atoms with Crippen molar-refractivity contribution in [2.75, 3.05) is 0 Å². The largest absolute Gasteiger partial charge is 0.300 e. The molecule has 0 aliphatic carbocycles. The van der Waals surface area contributed by atoms with E-state index in [0.717, 1.165) is 0 Å². The highest BCUT2D eigenvalue weighted by atomic mass is 16.1. The van der Waals surface area contributed by atoms with E-state index in [4.69, 9.17) is 0 Å². The molecule has 0 saturated heterocycles. The number of hydrogen-bond acceptors (Lipinski definition) is 3. The molecule has 1 heterocycles. The van der Waals surface area contributed by atoms with Crippen LogP contribution < -0.4 is 0 Å². The molecule has 0 amide bonds. The van der Waals surface area contributed by atoms with Crippen LogP contribution in [0.5, 0.6) is 0 Å². The predicted molar refractivity (Wildman–Crippen MR) is 39.8 cm³/mol. The van der Waals surface area contributed by atoms with E-state index < -0.39 is 0 Å². The Morgan fingerprint density at radius 2 is 2.55 bits per heavy atom. The summed E-state index contributed by atoms with van der Waals surface area (Å²) in [6.07, 6.45) is 2.05. The van der Waals surface area contributed by atoms with E-state index in [1.54, 1.807) is 13.1 Å². The van der Waals surface area contributed by atoms with Gasteiger partial charge in [-0.3, -0.25) is 4.79 Å². The molecule has 0 aliphatic rings. The molecule has 0 N–H and O–H groups in total. The van der Waals surface area contributed by atoms with Crippen LogP contribution in [0.2, 0.25) is 0 Å². The Morgan fingerprint density at radius 1 is 1.82 bits per heavy atom. The third-order valence-electron chi connectivity index (χ3n) is 1.25. The molecule has 1 rings (SSSR count). The molecule has 0 saturated carbocycles. The predicted octanol–water partition coefficient (Wildman–Crippen LogP) is 0.439. The van der Waals surface area contributed by atoms with Gasteiger partial charge in [0.1, 0.15) is 5.78 Å². The number of carbonyl (C=O) groups excluding carboxylic acids is 1. The highest BCUT2D eigenvalue weighted by Gasteiger charge is 1.97. The van der Waals surface area contributed by atoms with Gasteiger partial charge in [-0.05, 0) is 13.8 Å². The molecular formula is C7H10N3O. The zero-order valence-electron chi connectivity index (χ0n) is 6.45. The topological polar surface area (TPSA) is 47.8 Å². The van der Waals surface area contributed by atoms with Crippen LogP contribution in [0.3, 0.4) is 0 Å². The van der Waals surface area contributed by atoms with Gasteiger partial charge in [-0.1, -0.05) is 0 Å². The highest BCUT2D eigenvalue weighted by molar-refractivity contribution is 5.75. The van der Waals surface area contributed by atoms with E-state index >= 15 is 0 Å². The monoisotopic (exact) mass is 152 g/mol. The fourth-order valence-corrected chi connectivity index (χ4v) is 0.698. The minimum Gasteiger partial charge on any atom is -0.300 e. The van der Waals surface area contributed by atoms with Crippen LogP contribution in [0.4, 0.5) is 0 Å². The maximum Gasteiger partial charge on any atom is 0.131 e. The first-order valence-electron chi connectivity index (χ1n) is 3.40. The molecule has 0 aromatic carbocycles. The van der Waals surface area contributed by atoms with Crippen molar-refractivity contribution >= 4 is 5.78 Å². The molecular weight excluding hydrogens is 142 g/mol. The average molecular weight is 152 g/mol. The van der Waals surface area contributed by atoms with E-state index in [1.807, 2.05) is 0 Å². The van der Waals surface area contributed by atoms with Crippen molar-refractivity contribution in [1.29, 1.82) is 0 Å². The number of aryl methyl sites for hydroxylation is 1. The van der Waals surface area contributed by atoms with Gasteiger partial charge >= 0.3 is 0 Å². The second-order valence-electron chi connectivity index (χ2n) is 2.38.